The molecule has 0 amide bonds. The van der Waals surface area contributed by atoms with Crippen LogP contribution in [-0.4, -0.2) is 96.7 Å². The minimum absolute atomic E-state index is 0.103. The molecule has 0 fully saturated rings. The monoisotopic (exact) mass is 1370 g/mol. The zero-order valence-corrected chi connectivity index (χ0v) is 62.3. The molecular formula is C74H144O17P2. The van der Waals surface area contributed by atoms with Crippen LogP contribution >= 0.6 is 15.6 Å². The summed E-state index contributed by atoms with van der Waals surface area (Å²) in [6.07, 6.45) is 53.0. The lowest BCUT2D eigenvalue weighted by molar-refractivity contribution is -0.161. The average molecular weight is 1370 g/mol. The molecule has 19 heteroatoms. The van der Waals surface area contributed by atoms with Gasteiger partial charge in [-0.15, -0.1) is 0 Å². The molecule has 0 aromatic rings. The van der Waals surface area contributed by atoms with Crippen LogP contribution in [0.4, 0.5) is 0 Å². The normalized spacial score (nSPS) is 14.1. The summed E-state index contributed by atoms with van der Waals surface area (Å²) >= 11 is 0. The number of hydrogen-bond acceptors (Lipinski definition) is 15. The van der Waals surface area contributed by atoms with E-state index in [1.54, 1.807) is 0 Å². The third-order valence-electron chi connectivity index (χ3n) is 17.2. The molecule has 0 aliphatic heterocycles. The molecule has 2 unspecified atom stereocenters. The summed E-state index contributed by atoms with van der Waals surface area (Å²) in [7, 11) is -9.90. The fraction of sp³-hybridized carbons (Fsp3) is 0.946. The molecule has 0 saturated carbocycles. The second-order valence-electron chi connectivity index (χ2n) is 27.6. The standard InChI is InChI=1S/C74H144O17P2/c1-7-9-11-13-15-17-18-19-20-21-22-23-24-25-26-31-34-40-46-52-58-73(78)90-69(63-85-72(77)57-51-45-39-33-30-28-27-29-32-36-42-48-54-66(3)4)64-88-92(80,81)86-60-68(75)61-87-93(82,83)89-65-70(62-84-71(76)56-50-44-38-16-14-12-10-8-2)91-74(79)59-53-47-41-35-37-43-49-55-67(5)6/h66-70,75H,7-65H2,1-6H3,(H,80,81)(H,82,83)/t68-,69-,70-/m1/s1. The number of aliphatic hydroxyl groups excluding tert-OH is 1. The van der Waals surface area contributed by atoms with E-state index in [9.17, 15) is 43.2 Å². The van der Waals surface area contributed by atoms with Gasteiger partial charge in [-0.25, -0.2) is 9.13 Å². The van der Waals surface area contributed by atoms with Crippen LogP contribution in [0.25, 0.3) is 0 Å². The Hall–Kier alpha value is -1.94. The molecule has 0 radical (unpaired) electrons. The van der Waals surface area contributed by atoms with Gasteiger partial charge >= 0.3 is 39.5 Å². The fourth-order valence-electron chi connectivity index (χ4n) is 11.3. The van der Waals surface area contributed by atoms with Gasteiger partial charge in [-0.2, -0.15) is 0 Å². The third kappa shape index (κ3) is 68.4. The molecule has 93 heavy (non-hydrogen) atoms. The van der Waals surface area contributed by atoms with Crippen molar-refractivity contribution in [3.8, 4) is 0 Å². The van der Waals surface area contributed by atoms with Gasteiger partial charge in [-0.1, -0.05) is 330 Å². The first-order chi connectivity index (χ1) is 44.9. The average Bonchev–Trinajstić information content (AvgIpc) is 3.03. The molecule has 0 bridgehead atoms. The maximum atomic E-state index is 13.1. The Morgan fingerprint density at radius 2 is 0.495 bits per heavy atom. The molecule has 0 aromatic carbocycles. The Labute approximate surface area is 568 Å². The molecule has 552 valence electrons. The van der Waals surface area contributed by atoms with Crippen molar-refractivity contribution in [2.75, 3.05) is 39.6 Å². The highest BCUT2D eigenvalue weighted by atomic mass is 31.2. The van der Waals surface area contributed by atoms with Crippen molar-refractivity contribution in [3.05, 3.63) is 0 Å². The highest BCUT2D eigenvalue weighted by Gasteiger charge is 2.30. The van der Waals surface area contributed by atoms with Crippen LogP contribution in [0.5, 0.6) is 0 Å². The predicted molar refractivity (Wildman–Crippen MR) is 377 cm³/mol. The van der Waals surface area contributed by atoms with Crippen LogP contribution in [-0.2, 0) is 65.4 Å². The van der Waals surface area contributed by atoms with Crippen LogP contribution in [0.1, 0.15) is 382 Å². The molecular weight excluding hydrogens is 1220 g/mol. The molecule has 0 rings (SSSR count). The zero-order valence-electron chi connectivity index (χ0n) is 60.6. The summed E-state index contributed by atoms with van der Waals surface area (Å²) in [6.45, 7) is 9.50. The van der Waals surface area contributed by atoms with Crippen LogP contribution in [0.2, 0.25) is 0 Å². The van der Waals surface area contributed by atoms with E-state index in [-0.39, 0.29) is 25.7 Å². The molecule has 0 aromatic heterocycles. The minimum atomic E-state index is -4.95. The van der Waals surface area contributed by atoms with Gasteiger partial charge in [0.25, 0.3) is 0 Å². The van der Waals surface area contributed by atoms with E-state index < -0.39 is 97.5 Å². The van der Waals surface area contributed by atoms with Gasteiger partial charge in [0.2, 0.25) is 0 Å². The first-order valence-electron chi connectivity index (χ1n) is 38.5. The van der Waals surface area contributed by atoms with Crippen molar-refractivity contribution < 1.29 is 80.2 Å². The quantitative estimate of drug-likeness (QED) is 0.0222. The highest BCUT2D eigenvalue weighted by Crippen LogP contribution is 2.45. The van der Waals surface area contributed by atoms with Gasteiger partial charge in [0.15, 0.2) is 12.2 Å². The summed E-state index contributed by atoms with van der Waals surface area (Å²) < 4.78 is 68.3. The second kappa shape index (κ2) is 66.0. The summed E-state index contributed by atoms with van der Waals surface area (Å²) in [5, 5.41) is 10.6. The van der Waals surface area contributed by atoms with E-state index in [1.165, 1.54) is 193 Å². The first kappa shape index (κ1) is 91.1. The van der Waals surface area contributed by atoms with Crippen LogP contribution in [0.3, 0.4) is 0 Å². The Bertz CT molecular complexity index is 1800. The lowest BCUT2D eigenvalue weighted by atomic mass is 10.0. The van der Waals surface area contributed by atoms with E-state index in [0.29, 0.717) is 31.6 Å². The predicted octanol–water partition coefficient (Wildman–Crippen LogP) is 21.6. The summed E-state index contributed by atoms with van der Waals surface area (Å²) in [4.78, 5) is 72.6. The van der Waals surface area contributed by atoms with Crippen molar-refractivity contribution in [2.45, 2.75) is 400 Å². The van der Waals surface area contributed by atoms with E-state index in [4.69, 9.17) is 37.0 Å². The van der Waals surface area contributed by atoms with Crippen LogP contribution < -0.4 is 0 Å². The third-order valence-corrected chi connectivity index (χ3v) is 19.1. The Morgan fingerprint density at radius 1 is 0.290 bits per heavy atom. The minimum Gasteiger partial charge on any atom is -0.462 e. The van der Waals surface area contributed by atoms with E-state index in [1.807, 2.05) is 0 Å². The SMILES string of the molecule is CCCCCCCCCCCCCCCCCCCCCCC(=O)O[C@H](COC(=O)CCCCCCCCCCCCCCC(C)C)COP(=O)(O)OC[C@@H](O)COP(=O)(O)OC[C@@H](COC(=O)CCCCCCCCCC)OC(=O)CCCCCCCCCC(C)C. The lowest BCUT2D eigenvalue weighted by Crippen LogP contribution is -2.30. The number of rotatable bonds is 73. The van der Waals surface area contributed by atoms with E-state index in [0.717, 1.165) is 102 Å². The van der Waals surface area contributed by atoms with Gasteiger partial charge in [0, 0.05) is 25.7 Å². The highest BCUT2D eigenvalue weighted by molar-refractivity contribution is 7.47. The number of unbranched alkanes of at least 4 members (excludes halogenated alkanes) is 43. The maximum Gasteiger partial charge on any atom is 0.472 e. The van der Waals surface area contributed by atoms with Gasteiger partial charge in [-0.05, 0) is 37.5 Å². The molecule has 17 nitrogen and oxygen atoms in total. The smallest absolute Gasteiger partial charge is 0.462 e. The van der Waals surface area contributed by atoms with Gasteiger partial charge in [0.05, 0.1) is 26.4 Å². The van der Waals surface area contributed by atoms with Crippen molar-refractivity contribution in [2.24, 2.45) is 11.8 Å². The zero-order chi connectivity index (χ0) is 68.6. The second-order valence-corrected chi connectivity index (χ2v) is 30.5. The summed E-state index contributed by atoms with van der Waals surface area (Å²) in [5.74, 6) is -0.646. The number of aliphatic hydroxyl groups is 1. The number of phosphoric ester groups is 2. The van der Waals surface area contributed by atoms with Gasteiger partial charge < -0.3 is 33.8 Å². The molecule has 0 saturated heterocycles. The topological polar surface area (TPSA) is 237 Å². The van der Waals surface area contributed by atoms with Crippen molar-refractivity contribution in [1.29, 1.82) is 0 Å². The molecule has 0 aliphatic rings. The number of carbonyl (C=O) groups excluding carboxylic acids is 4. The number of hydrogen-bond donors (Lipinski definition) is 3. The van der Waals surface area contributed by atoms with Crippen LogP contribution in [0.15, 0.2) is 0 Å². The Morgan fingerprint density at radius 3 is 0.731 bits per heavy atom. The lowest BCUT2D eigenvalue weighted by Gasteiger charge is -2.21. The Balaban J connectivity index is 5.18. The molecule has 0 aliphatic carbocycles. The van der Waals surface area contributed by atoms with Crippen molar-refractivity contribution in [3.63, 3.8) is 0 Å². The maximum absolute atomic E-state index is 13.1. The summed E-state index contributed by atoms with van der Waals surface area (Å²) in [5.41, 5.74) is 0. The van der Waals surface area contributed by atoms with Gasteiger partial charge in [0.1, 0.15) is 19.3 Å². The van der Waals surface area contributed by atoms with Crippen LogP contribution in [0, 0.1) is 11.8 Å². The van der Waals surface area contributed by atoms with Gasteiger partial charge in [-0.3, -0.25) is 37.3 Å². The number of phosphoric acid groups is 2. The van der Waals surface area contributed by atoms with Crippen molar-refractivity contribution >= 4 is 39.5 Å². The Kier molecular flexibility index (Phi) is 64.6. The number of ether oxygens (including phenoxy) is 4. The fourth-order valence-corrected chi connectivity index (χ4v) is 12.9. The number of carbonyl (C=O) groups is 4. The first-order valence-corrected chi connectivity index (χ1v) is 41.5. The van der Waals surface area contributed by atoms with Crippen molar-refractivity contribution in [1.82, 2.24) is 0 Å². The molecule has 3 N–H and O–H groups in total. The van der Waals surface area contributed by atoms with E-state index in [2.05, 4.69) is 41.5 Å². The molecule has 0 heterocycles. The molecule has 0 spiro atoms. The molecule has 5 atom stereocenters. The largest absolute Gasteiger partial charge is 0.472 e. The van der Waals surface area contributed by atoms with E-state index >= 15 is 0 Å². The number of esters is 4. The summed E-state index contributed by atoms with van der Waals surface area (Å²) in [6, 6.07) is 0.